The minimum absolute atomic E-state index is 0.288. The Morgan fingerprint density at radius 2 is 1.95 bits per heavy atom. The monoisotopic (exact) mass is 301 g/mol. The molecule has 0 fully saturated rings. The Morgan fingerprint density at radius 3 is 2.71 bits per heavy atom. The first-order valence-corrected chi connectivity index (χ1v) is 7.09. The van der Waals surface area contributed by atoms with Gasteiger partial charge in [0.1, 0.15) is 11.6 Å². The summed E-state index contributed by atoms with van der Waals surface area (Å²) in [5.41, 5.74) is 2.35. The minimum Gasteiger partial charge on any atom is -0.438 e. The van der Waals surface area contributed by atoms with Gasteiger partial charge in [-0.2, -0.15) is 0 Å². The SMILES string of the molecule is Cc1cc(F)ccc1Oc1nc2ccccc2cc1CCl. The molecule has 1 aromatic heterocycles. The average molecular weight is 302 g/mol. The number of fused-ring (bicyclic) bond motifs is 1. The van der Waals surface area contributed by atoms with Crippen LogP contribution in [0.5, 0.6) is 11.6 Å². The van der Waals surface area contributed by atoms with Crippen molar-refractivity contribution in [2.75, 3.05) is 0 Å². The standard InChI is InChI=1S/C17H13ClFNO/c1-11-8-14(19)6-7-16(11)21-17-13(10-18)9-12-4-2-3-5-15(12)20-17/h2-9H,10H2,1H3. The molecule has 0 aliphatic carbocycles. The summed E-state index contributed by atoms with van der Waals surface area (Å²) >= 11 is 5.98. The molecule has 1 heterocycles. The molecule has 3 rings (SSSR count). The first-order valence-electron chi connectivity index (χ1n) is 6.56. The summed E-state index contributed by atoms with van der Waals surface area (Å²) in [5.74, 6) is 1.04. The van der Waals surface area contributed by atoms with Crippen molar-refractivity contribution < 1.29 is 9.13 Å². The fourth-order valence-electron chi connectivity index (χ4n) is 2.16. The number of aryl methyl sites for hydroxylation is 1. The number of pyridine rings is 1. The van der Waals surface area contributed by atoms with Crippen molar-refractivity contribution >= 4 is 22.5 Å². The summed E-state index contributed by atoms with van der Waals surface area (Å²) in [5, 5.41) is 1.01. The molecule has 4 heteroatoms. The Balaban J connectivity index is 2.06. The van der Waals surface area contributed by atoms with Crippen molar-refractivity contribution in [1.29, 1.82) is 0 Å². The van der Waals surface area contributed by atoms with Gasteiger partial charge >= 0.3 is 0 Å². The highest BCUT2D eigenvalue weighted by atomic mass is 35.5. The van der Waals surface area contributed by atoms with Gasteiger partial charge in [-0.05, 0) is 42.8 Å². The van der Waals surface area contributed by atoms with Gasteiger partial charge in [-0.15, -0.1) is 11.6 Å². The highest BCUT2D eigenvalue weighted by Crippen LogP contribution is 2.30. The molecule has 2 nitrogen and oxygen atoms in total. The lowest BCUT2D eigenvalue weighted by Gasteiger charge is -2.12. The number of hydrogen-bond donors (Lipinski definition) is 0. The Bertz CT molecular complexity index is 804. The third-order valence-electron chi connectivity index (χ3n) is 3.25. The van der Waals surface area contributed by atoms with Crippen molar-refractivity contribution in [2.45, 2.75) is 12.8 Å². The van der Waals surface area contributed by atoms with Gasteiger partial charge in [0.05, 0.1) is 11.4 Å². The summed E-state index contributed by atoms with van der Waals surface area (Å²) in [6, 6.07) is 14.1. The Morgan fingerprint density at radius 1 is 1.14 bits per heavy atom. The summed E-state index contributed by atoms with van der Waals surface area (Å²) < 4.78 is 19.0. The van der Waals surface area contributed by atoms with Crippen LogP contribution in [0, 0.1) is 12.7 Å². The summed E-state index contributed by atoms with van der Waals surface area (Å²) in [6.07, 6.45) is 0. The summed E-state index contributed by atoms with van der Waals surface area (Å²) in [4.78, 5) is 4.50. The molecule has 0 atom stereocenters. The molecule has 0 amide bonds. The Kier molecular flexibility index (Phi) is 3.76. The lowest BCUT2D eigenvalue weighted by Crippen LogP contribution is -1.96. The van der Waals surface area contributed by atoms with E-state index in [1.807, 2.05) is 30.3 Å². The molecule has 0 aliphatic heterocycles. The van der Waals surface area contributed by atoms with Crippen LogP contribution in [0.2, 0.25) is 0 Å². The van der Waals surface area contributed by atoms with Gasteiger partial charge in [-0.3, -0.25) is 0 Å². The topological polar surface area (TPSA) is 22.1 Å². The van der Waals surface area contributed by atoms with Gasteiger partial charge in [0.2, 0.25) is 5.88 Å². The number of halogens is 2. The number of ether oxygens (including phenoxy) is 1. The molecule has 0 saturated carbocycles. The van der Waals surface area contributed by atoms with Gasteiger partial charge in [0.15, 0.2) is 0 Å². The quantitative estimate of drug-likeness (QED) is 0.619. The fourth-order valence-corrected chi connectivity index (χ4v) is 2.35. The Labute approximate surface area is 127 Å². The van der Waals surface area contributed by atoms with Crippen LogP contribution in [0.3, 0.4) is 0 Å². The molecular formula is C17H13ClFNO. The molecule has 0 saturated heterocycles. The van der Waals surface area contributed by atoms with Gasteiger partial charge in [-0.1, -0.05) is 18.2 Å². The molecule has 0 bridgehead atoms. The number of para-hydroxylation sites is 1. The number of nitrogens with zero attached hydrogens (tertiary/aromatic N) is 1. The first-order chi connectivity index (χ1) is 10.2. The number of aromatic nitrogens is 1. The zero-order valence-corrected chi connectivity index (χ0v) is 12.2. The third-order valence-corrected chi connectivity index (χ3v) is 3.54. The molecule has 0 spiro atoms. The van der Waals surface area contributed by atoms with E-state index in [1.165, 1.54) is 12.1 Å². The summed E-state index contributed by atoms with van der Waals surface area (Å²) in [7, 11) is 0. The molecule has 21 heavy (non-hydrogen) atoms. The van der Waals surface area contributed by atoms with E-state index in [4.69, 9.17) is 16.3 Å². The predicted molar refractivity (Wildman–Crippen MR) is 82.5 cm³/mol. The lowest BCUT2D eigenvalue weighted by atomic mass is 10.1. The lowest BCUT2D eigenvalue weighted by molar-refractivity contribution is 0.455. The van der Waals surface area contributed by atoms with Gasteiger partial charge < -0.3 is 4.74 Å². The normalized spacial score (nSPS) is 10.8. The average Bonchev–Trinajstić information content (AvgIpc) is 2.49. The van der Waals surface area contributed by atoms with Gasteiger partial charge in [0.25, 0.3) is 0 Å². The van der Waals surface area contributed by atoms with Crippen LogP contribution in [0.25, 0.3) is 10.9 Å². The van der Waals surface area contributed by atoms with E-state index in [-0.39, 0.29) is 5.82 Å². The molecule has 0 unspecified atom stereocenters. The van der Waals surface area contributed by atoms with E-state index in [0.29, 0.717) is 23.1 Å². The van der Waals surface area contributed by atoms with Crippen molar-refractivity contribution in [3.63, 3.8) is 0 Å². The van der Waals surface area contributed by atoms with E-state index in [2.05, 4.69) is 4.98 Å². The number of hydrogen-bond acceptors (Lipinski definition) is 2. The number of rotatable bonds is 3. The van der Waals surface area contributed by atoms with Crippen molar-refractivity contribution in [3.8, 4) is 11.6 Å². The van der Waals surface area contributed by atoms with E-state index >= 15 is 0 Å². The van der Waals surface area contributed by atoms with Crippen LogP contribution in [0.1, 0.15) is 11.1 Å². The van der Waals surface area contributed by atoms with Crippen LogP contribution in [-0.4, -0.2) is 4.98 Å². The van der Waals surface area contributed by atoms with Crippen molar-refractivity contribution in [2.24, 2.45) is 0 Å². The van der Waals surface area contributed by atoms with Crippen LogP contribution in [-0.2, 0) is 5.88 Å². The van der Waals surface area contributed by atoms with Crippen LogP contribution in [0.15, 0.2) is 48.5 Å². The second kappa shape index (κ2) is 5.70. The van der Waals surface area contributed by atoms with Crippen LogP contribution >= 0.6 is 11.6 Å². The molecule has 3 aromatic rings. The minimum atomic E-state index is -0.288. The fraction of sp³-hybridized carbons (Fsp3) is 0.118. The Hall–Kier alpha value is -2.13. The van der Waals surface area contributed by atoms with Crippen molar-refractivity contribution in [1.82, 2.24) is 4.98 Å². The van der Waals surface area contributed by atoms with E-state index in [1.54, 1.807) is 13.0 Å². The maximum absolute atomic E-state index is 13.1. The smallest absolute Gasteiger partial charge is 0.224 e. The van der Waals surface area contributed by atoms with Crippen LogP contribution in [0.4, 0.5) is 4.39 Å². The number of benzene rings is 2. The van der Waals surface area contributed by atoms with E-state index < -0.39 is 0 Å². The highest BCUT2D eigenvalue weighted by molar-refractivity contribution is 6.17. The van der Waals surface area contributed by atoms with E-state index in [9.17, 15) is 4.39 Å². The maximum Gasteiger partial charge on any atom is 0.224 e. The molecule has 0 aliphatic rings. The zero-order valence-electron chi connectivity index (χ0n) is 11.4. The second-order valence-electron chi connectivity index (χ2n) is 4.79. The number of alkyl halides is 1. The van der Waals surface area contributed by atoms with Gasteiger partial charge in [0, 0.05) is 10.9 Å². The van der Waals surface area contributed by atoms with Gasteiger partial charge in [-0.25, -0.2) is 9.37 Å². The molecule has 0 N–H and O–H groups in total. The third kappa shape index (κ3) is 2.83. The molecule has 106 valence electrons. The maximum atomic E-state index is 13.1. The van der Waals surface area contributed by atoms with E-state index in [0.717, 1.165) is 16.5 Å². The molecular weight excluding hydrogens is 289 g/mol. The predicted octanol–water partition coefficient (Wildman–Crippen LogP) is 5.21. The van der Waals surface area contributed by atoms with Crippen LogP contribution < -0.4 is 4.74 Å². The molecule has 2 aromatic carbocycles. The summed E-state index contributed by atoms with van der Waals surface area (Å²) in [6.45, 7) is 1.79. The second-order valence-corrected chi connectivity index (χ2v) is 5.06. The zero-order chi connectivity index (χ0) is 14.8. The molecule has 0 radical (unpaired) electrons. The largest absolute Gasteiger partial charge is 0.438 e. The highest BCUT2D eigenvalue weighted by Gasteiger charge is 2.10. The first kappa shape index (κ1) is 13.8. The van der Waals surface area contributed by atoms with Crippen molar-refractivity contribution in [3.05, 3.63) is 65.5 Å².